The second kappa shape index (κ2) is 8.06. The van der Waals surface area contributed by atoms with Crippen LogP contribution in [0.15, 0.2) is 29.9 Å². The number of amides is 1. The van der Waals surface area contributed by atoms with Gasteiger partial charge >= 0.3 is 6.09 Å². The fraction of sp³-hybridized carbons (Fsp3) is 0.458. The number of ether oxygens (including phenoxy) is 3. The van der Waals surface area contributed by atoms with Crippen molar-refractivity contribution < 1.29 is 28.5 Å². The van der Waals surface area contributed by atoms with Gasteiger partial charge in [0.05, 0.1) is 18.7 Å². The smallest absolute Gasteiger partial charge is 0.410 e. The molecule has 2 bridgehead atoms. The number of piperidine rings is 1. The molecule has 10 heteroatoms. The first-order chi connectivity index (χ1) is 16.4. The molecule has 2 aromatic heterocycles. The fourth-order valence-corrected chi connectivity index (χ4v) is 5.70. The van der Waals surface area contributed by atoms with E-state index in [1.54, 1.807) is 4.90 Å². The van der Waals surface area contributed by atoms with Crippen molar-refractivity contribution in [3.63, 3.8) is 0 Å². The number of phenolic OH excluding ortho intramolecular Hbond substituents is 1. The van der Waals surface area contributed by atoms with Crippen molar-refractivity contribution in [1.82, 2.24) is 14.9 Å². The topological polar surface area (TPSA) is 94.0 Å². The number of nitrogens with zero attached hydrogens (tertiary/aromatic N) is 3. The minimum Gasteiger partial charge on any atom is -0.508 e. The molecule has 0 spiro atoms. The van der Waals surface area contributed by atoms with Crippen LogP contribution >= 0.6 is 11.3 Å². The Hall–Kier alpha value is -2.98. The lowest BCUT2D eigenvalue weighted by molar-refractivity contribution is -0.111. The summed E-state index contributed by atoms with van der Waals surface area (Å²) in [5.74, 6) is -0.220. The van der Waals surface area contributed by atoms with E-state index < -0.39 is 5.82 Å². The first-order valence-corrected chi connectivity index (χ1v) is 12.2. The Morgan fingerprint density at radius 3 is 2.71 bits per heavy atom. The molecule has 4 heterocycles. The van der Waals surface area contributed by atoms with Crippen LogP contribution in [0.25, 0.3) is 21.3 Å². The van der Waals surface area contributed by atoms with Crippen LogP contribution in [-0.4, -0.2) is 64.1 Å². The van der Waals surface area contributed by atoms with Gasteiger partial charge in [-0.2, -0.15) is 0 Å². The number of fused-ring (bicyclic) bond motifs is 3. The van der Waals surface area contributed by atoms with E-state index in [0.717, 1.165) is 23.6 Å². The van der Waals surface area contributed by atoms with E-state index in [2.05, 4.69) is 9.97 Å². The van der Waals surface area contributed by atoms with Crippen molar-refractivity contribution in [3.8, 4) is 22.8 Å². The molecule has 3 fully saturated rings. The van der Waals surface area contributed by atoms with E-state index in [4.69, 9.17) is 14.2 Å². The van der Waals surface area contributed by atoms with Crippen molar-refractivity contribution in [2.75, 3.05) is 26.3 Å². The maximum Gasteiger partial charge on any atom is 0.410 e. The van der Waals surface area contributed by atoms with Crippen molar-refractivity contribution in [3.05, 3.63) is 35.7 Å². The van der Waals surface area contributed by atoms with E-state index in [9.17, 15) is 14.3 Å². The first kappa shape index (κ1) is 21.5. The molecule has 2 atom stereocenters. The molecule has 3 aromatic rings. The fourth-order valence-electron chi connectivity index (χ4n) is 4.75. The lowest BCUT2D eigenvalue weighted by Gasteiger charge is -2.46. The van der Waals surface area contributed by atoms with Gasteiger partial charge in [-0.05, 0) is 31.9 Å². The zero-order valence-electron chi connectivity index (χ0n) is 18.6. The second-order valence-electron chi connectivity index (χ2n) is 9.53. The van der Waals surface area contributed by atoms with E-state index in [-0.39, 0.29) is 35.4 Å². The van der Waals surface area contributed by atoms with Crippen LogP contribution in [0.4, 0.5) is 9.18 Å². The number of aromatic nitrogens is 2. The van der Waals surface area contributed by atoms with Gasteiger partial charge in [0.15, 0.2) is 0 Å². The monoisotopic (exact) mass is 485 g/mol. The summed E-state index contributed by atoms with van der Waals surface area (Å²) in [6.45, 7) is 3.94. The van der Waals surface area contributed by atoms with Crippen LogP contribution in [-0.2, 0) is 9.47 Å². The summed E-state index contributed by atoms with van der Waals surface area (Å²) < 4.78 is 33.1. The second-order valence-corrected chi connectivity index (χ2v) is 10.4. The van der Waals surface area contributed by atoms with Crippen molar-refractivity contribution in [2.45, 2.75) is 31.5 Å². The highest BCUT2D eigenvalue weighted by atomic mass is 32.1. The van der Waals surface area contributed by atoms with Crippen molar-refractivity contribution in [1.29, 1.82) is 0 Å². The molecular formula is C24H24FN3O5S. The van der Waals surface area contributed by atoms with Crippen molar-refractivity contribution >= 4 is 27.6 Å². The highest BCUT2D eigenvalue weighted by Crippen LogP contribution is 2.42. The Morgan fingerprint density at radius 1 is 1.24 bits per heavy atom. The third-order valence-electron chi connectivity index (χ3n) is 6.86. The molecule has 0 radical (unpaired) electrons. The third kappa shape index (κ3) is 3.84. The van der Waals surface area contributed by atoms with Gasteiger partial charge in [-0.3, -0.25) is 0 Å². The summed E-state index contributed by atoms with van der Waals surface area (Å²) in [6, 6.07) is 4.07. The molecule has 2 unspecified atom stereocenters. The molecule has 34 heavy (non-hydrogen) atoms. The zero-order chi connectivity index (χ0) is 23.4. The van der Waals surface area contributed by atoms with Gasteiger partial charge < -0.3 is 24.2 Å². The number of carbonyl (C=O) groups excluding carboxylic acids is 1. The van der Waals surface area contributed by atoms with E-state index in [0.29, 0.717) is 48.8 Å². The predicted octanol–water partition coefficient (Wildman–Crippen LogP) is 4.22. The van der Waals surface area contributed by atoms with Crippen LogP contribution in [0, 0.1) is 17.7 Å². The first-order valence-electron chi connectivity index (χ1n) is 11.3. The van der Waals surface area contributed by atoms with E-state index >= 15 is 0 Å². The van der Waals surface area contributed by atoms with Crippen LogP contribution in [0.2, 0.25) is 0 Å². The lowest BCUT2D eigenvalue weighted by Crippen LogP contribution is -2.59. The largest absolute Gasteiger partial charge is 0.508 e. The zero-order valence-corrected chi connectivity index (χ0v) is 19.4. The van der Waals surface area contributed by atoms with Crippen molar-refractivity contribution in [2.24, 2.45) is 11.8 Å². The van der Waals surface area contributed by atoms with Crippen LogP contribution in [0.3, 0.4) is 0 Å². The summed E-state index contributed by atoms with van der Waals surface area (Å²) in [7, 11) is 0. The standard InChI is InChI=1S/C24H24FN3O5S/c1-24(4-5-24)33-23(30)28-7-13-9-31-10-14(8-28)20(13)32-22-21-19(26-12-27-22)17(11-34-21)16-3-2-15(29)6-18(16)25/h2-3,6,11-14,20,29H,4-5,7-10H2,1H3. The molecule has 8 nitrogen and oxygen atoms in total. The summed E-state index contributed by atoms with van der Waals surface area (Å²) in [4.78, 5) is 23.2. The Kier molecular flexibility index (Phi) is 5.11. The molecule has 2 saturated heterocycles. The summed E-state index contributed by atoms with van der Waals surface area (Å²) in [6.07, 6.45) is 2.81. The molecule has 1 aromatic carbocycles. The Balaban J connectivity index is 1.25. The number of benzene rings is 1. The average Bonchev–Trinajstić information content (AvgIpc) is 3.35. The SMILES string of the molecule is CC1(OC(=O)N2CC3COCC(C2)C3Oc2ncnc3c(-c4ccc(O)cc4F)csc23)CC1. The maximum atomic E-state index is 14.5. The number of phenols is 1. The number of thiophene rings is 1. The predicted molar refractivity (Wildman–Crippen MR) is 122 cm³/mol. The normalized spacial score (nSPS) is 25.2. The highest BCUT2D eigenvalue weighted by Gasteiger charge is 2.47. The van der Waals surface area contributed by atoms with Gasteiger partial charge in [-0.15, -0.1) is 11.3 Å². The van der Waals surface area contributed by atoms with E-state index in [1.807, 2.05) is 12.3 Å². The molecule has 3 aliphatic rings. The molecule has 6 rings (SSSR count). The quantitative estimate of drug-likeness (QED) is 0.591. The number of carbonyl (C=O) groups is 1. The Labute approximate surface area is 199 Å². The minimum atomic E-state index is -0.522. The number of halogens is 1. The summed E-state index contributed by atoms with van der Waals surface area (Å²) in [5, 5.41) is 11.4. The van der Waals surface area contributed by atoms with Crippen LogP contribution < -0.4 is 4.74 Å². The third-order valence-corrected chi connectivity index (χ3v) is 7.82. The molecular weight excluding hydrogens is 461 g/mol. The van der Waals surface area contributed by atoms with Gasteiger partial charge in [0.25, 0.3) is 0 Å². The van der Waals surface area contributed by atoms with Gasteiger partial charge in [-0.1, -0.05) is 0 Å². The lowest BCUT2D eigenvalue weighted by atomic mass is 9.84. The van der Waals surface area contributed by atoms with Gasteiger partial charge in [0.2, 0.25) is 5.88 Å². The van der Waals surface area contributed by atoms with Crippen LogP contribution in [0.1, 0.15) is 19.8 Å². The number of rotatable bonds is 4. The number of aromatic hydroxyl groups is 1. The Morgan fingerprint density at radius 2 is 2.00 bits per heavy atom. The molecule has 1 aliphatic carbocycles. The molecule has 178 valence electrons. The van der Waals surface area contributed by atoms with Gasteiger partial charge in [0, 0.05) is 47.5 Å². The maximum absolute atomic E-state index is 14.5. The Bertz CT molecular complexity index is 1250. The van der Waals surface area contributed by atoms with Gasteiger partial charge in [-0.25, -0.2) is 19.2 Å². The van der Waals surface area contributed by atoms with Crippen LogP contribution in [0.5, 0.6) is 11.6 Å². The van der Waals surface area contributed by atoms with Gasteiger partial charge in [0.1, 0.15) is 34.3 Å². The number of hydrogen-bond donors (Lipinski definition) is 1. The number of hydrogen-bond acceptors (Lipinski definition) is 8. The molecule has 1 saturated carbocycles. The molecule has 1 amide bonds. The molecule has 2 aliphatic heterocycles. The minimum absolute atomic E-state index is 0.00829. The average molecular weight is 486 g/mol. The molecule has 1 N–H and O–H groups in total. The summed E-state index contributed by atoms with van der Waals surface area (Å²) >= 11 is 1.39. The number of likely N-dealkylation sites (tertiary alicyclic amines) is 1. The van der Waals surface area contributed by atoms with E-state index in [1.165, 1.54) is 29.8 Å². The highest BCUT2D eigenvalue weighted by molar-refractivity contribution is 7.18. The summed E-state index contributed by atoms with van der Waals surface area (Å²) in [5.41, 5.74) is 1.27.